The third-order valence-electron chi connectivity index (χ3n) is 5.88. The Morgan fingerprint density at radius 2 is 2.00 bits per heavy atom. The summed E-state index contributed by atoms with van der Waals surface area (Å²) in [5, 5.41) is 0. The summed E-state index contributed by atoms with van der Waals surface area (Å²) in [6.45, 7) is 3.97. The Balaban J connectivity index is 1.87. The lowest BCUT2D eigenvalue weighted by Gasteiger charge is -2.48. The van der Waals surface area contributed by atoms with Crippen LogP contribution in [0.5, 0.6) is 0 Å². The largest absolute Gasteiger partial charge is 0.457 e. The normalized spacial score (nSPS) is 47.7. The van der Waals surface area contributed by atoms with E-state index in [1.54, 1.807) is 6.92 Å². The molecule has 0 N–H and O–H groups in total. The lowest BCUT2D eigenvalue weighted by Crippen LogP contribution is -2.50. The predicted molar refractivity (Wildman–Crippen MR) is 66.0 cm³/mol. The zero-order chi connectivity index (χ0) is 13.4. The quantitative estimate of drug-likeness (QED) is 0.626. The zero-order valence-electron chi connectivity index (χ0n) is 11.3. The van der Waals surface area contributed by atoms with Gasteiger partial charge in [-0.3, -0.25) is 4.79 Å². The van der Waals surface area contributed by atoms with Gasteiger partial charge in [0.1, 0.15) is 12.2 Å². The molecular formula is C15H18O4. The Hall–Kier alpha value is -1.32. The van der Waals surface area contributed by atoms with E-state index in [9.17, 15) is 9.59 Å². The van der Waals surface area contributed by atoms with Crippen molar-refractivity contribution in [2.45, 2.75) is 51.7 Å². The second-order valence-corrected chi connectivity index (χ2v) is 6.57. The maximum Gasteiger partial charge on any atom is 0.334 e. The van der Waals surface area contributed by atoms with Crippen molar-refractivity contribution in [2.75, 3.05) is 0 Å². The van der Waals surface area contributed by atoms with Crippen molar-refractivity contribution in [2.24, 2.45) is 17.3 Å². The van der Waals surface area contributed by atoms with Gasteiger partial charge in [-0.15, -0.1) is 0 Å². The summed E-state index contributed by atoms with van der Waals surface area (Å²) in [5.41, 5.74) is 1.48. The highest BCUT2D eigenvalue weighted by Crippen LogP contribution is 2.61. The van der Waals surface area contributed by atoms with Gasteiger partial charge in [0.15, 0.2) is 0 Å². The van der Waals surface area contributed by atoms with Gasteiger partial charge < -0.3 is 9.47 Å². The average Bonchev–Trinajstić information content (AvgIpc) is 2.78. The molecule has 4 nitrogen and oxygen atoms in total. The second-order valence-electron chi connectivity index (χ2n) is 6.57. The Morgan fingerprint density at radius 1 is 1.21 bits per heavy atom. The van der Waals surface area contributed by atoms with Crippen LogP contribution in [0.1, 0.15) is 39.5 Å². The van der Waals surface area contributed by atoms with Crippen molar-refractivity contribution in [3.05, 3.63) is 11.1 Å². The number of esters is 2. The molecule has 5 atom stereocenters. The lowest BCUT2D eigenvalue weighted by molar-refractivity contribution is -0.144. The maximum absolute atomic E-state index is 12.2. The number of hydrogen-bond donors (Lipinski definition) is 0. The van der Waals surface area contributed by atoms with Crippen LogP contribution in [0.2, 0.25) is 0 Å². The van der Waals surface area contributed by atoms with E-state index in [-0.39, 0.29) is 35.5 Å². The number of carbonyl (C=O) groups excluding carboxylic acids is 2. The highest BCUT2D eigenvalue weighted by Gasteiger charge is 2.65. The summed E-state index contributed by atoms with van der Waals surface area (Å²) < 4.78 is 11.1. The Labute approximate surface area is 112 Å². The minimum absolute atomic E-state index is 0.00759. The molecule has 4 aliphatic rings. The lowest BCUT2D eigenvalue weighted by atomic mass is 9.54. The molecule has 102 valence electrons. The van der Waals surface area contributed by atoms with Gasteiger partial charge in [0.25, 0.3) is 0 Å². The smallest absolute Gasteiger partial charge is 0.334 e. The molecule has 4 heteroatoms. The van der Waals surface area contributed by atoms with Gasteiger partial charge in [-0.05, 0) is 32.1 Å². The van der Waals surface area contributed by atoms with E-state index in [2.05, 4.69) is 6.92 Å². The van der Waals surface area contributed by atoms with Crippen molar-refractivity contribution in [3.8, 4) is 0 Å². The molecule has 0 bridgehead atoms. The van der Waals surface area contributed by atoms with Gasteiger partial charge in [0.2, 0.25) is 0 Å². The highest BCUT2D eigenvalue weighted by atomic mass is 16.6. The van der Waals surface area contributed by atoms with Crippen LogP contribution in [0.15, 0.2) is 11.1 Å². The first-order valence-corrected chi connectivity index (χ1v) is 7.15. The van der Waals surface area contributed by atoms with Crippen LogP contribution in [0.4, 0.5) is 0 Å². The highest BCUT2D eigenvalue weighted by molar-refractivity contribution is 5.92. The molecule has 1 saturated heterocycles. The molecule has 2 aliphatic carbocycles. The van der Waals surface area contributed by atoms with E-state index in [0.29, 0.717) is 11.5 Å². The molecule has 0 aromatic rings. The second kappa shape index (κ2) is 3.41. The van der Waals surface area contributed by atoms with Gasteiger partial charge in [-0.25, -0.2) is 4.79 Å². The van der Waals surface area contributed by atoms with Crippen molar-refractivity contribution < 1.29 is 19.1 Å². The zero-order valence-corrected chi connectivity index (χ0v) is 11.3. The molecule has 3 fully saturated rings. The van der Waals surface area contributed by atoms with Crippen LogP contribution in [0.25, 0.3) is 0 Å². The number of ether oxygens (including phenoxy) is 2. The maximum atomic E-state index is 12.2. The Morgan fingerprint density at radius 3 is 2.79 bits per heavy atom. The van der Waals surface area contributed by atoms with Crippen LogP contribution >= 0.6 is 0 Å². The summed E-state index contributed by atoms with van der Waals surface area (Å²) >= 11 is 0. The van der Waals surface area contributed by atoms with Crippen LogP contribution in [0.3, 0.4) is 0 Å². The van der Waals surface area contributed by atoms with Gasteiger partial charge in [0.05, 0.1) is 5.92 Å². The third kappa shape index (κ3) is 1.20. The van der Waals surface area contributed by atoms with E-state index in [1.807, 2.05) is 0 Å². The predicted octanol–water partition coefficient (Wildman–Crippen LogP) is 1.98. The first-order valence-electron chi connectivity index (χ1n) is 7.15. The van der Waals surface area contributed by atoms with E-state index in [0.717, 1.165) is 31.3 Å². The molecule has 0 spiro atoms. The fourth-order valence-corrected chi connectivity index (χ4v) is 4.78. The van der Waals surface area contributed by atoms with Crippen LogP contribution in [-0.2, 0) is 19.1 Å². The van der Waals surface area contributed by atoms with E-state index in [4.69, 9.17) is 9.47 Å². The minimum atomic E-state index is -0.236. The topological polar surface area (TPSA) is 52.6 Å². The number of rotatable bonds is 0. The fourth-order valence-electron chi connectivity index (χ4n) is 4.78. The van der Waals surface area contributed by atoms with Gasteiger partial charge in [0, 0.05) is 16.6 Å². The summed E-state index contributed by atoms with van der Waals surface area (Å²) in [7, 11) is 0. The monoisotopic (exact) mass is 262 g/mol. The molecule has 19 heavy (non-hydrogen) atoms. The van der Waals surface area contributed by atoms with Crippen molar-refractivity contribution in [1.82, 2.24) is 0 Å². The summed E-state index contributed by atoms with van der Waals surface area (Å²) in [4.78, 5) is 23.9. The SMILES string of the molecule is CC1=C2[C@H]3OC(=O)[C@@H]4CCC[C@@H](C[C@H]2OC1=O)[C@@]34C. The standard InChI is InChI=1S/C15H18O4/c1-7-11-10(18-13(7)16)6-8-4-3-5-9-14(17)19-12(11)15(8,9)2/h8-10,12H,3-6H2,1-2H3/t8-,9-,10+,12+,15+/m0/s1. The molecule has 0 amide bonds. The summed E-state index contributed by atoms with van der Waals surface area (Å²) in [6, 6.07) is 0. The van der Waals surface area contributed by atoms with Crippen LogP contribution in [-0.4, -0.2) is 24.1 Å². The molecule has 2 saturated carbocycles. The first kappa shape index (κ1) is 11.5. The molecular weight excluding hydrogens is 244 g/mol. The molecule has 0 aromatic heterocycles. The van der Waals surface area contributed by atoms with Crippen molar-refractivity contribution in [3.63, 3.8) is 0 Å². The van der Waals surface area contributed by atoms with Gasteiger partial charge in [-0.1, -0.05) is 13.3 Å². The average molecular weight is 262 g/mol. The fraction of sp³-hybridized carbons (Fsp3) is 0.733. The third-order valence-corrected chi connectivity index (χ3v) is 5.88. The first-order chi connectivity index (χ1) is 9.03. The van der Waals surface area contributed by atoms with Crippen LogP contribution < -0.4 is 0 Å². The Kier molecular flexibility index (Phi) is 2.06. The van der Waals surface area contributed by atoms with E-state index >= 15 is 0 Å². The summed E-state index contributed by atoms with van der Waals surface area (Å²) in [5.74, 6) is 0.127. The van der Waals surface area contributed by atoms with E-state index < -0.39 is 0 Å². The van der Waals surface area contributed by atoms with Crippen molar-refractivity contribution in [1.29, 1.82) is 0 Å². The number of carbonyl (C=O) groups is 2. The molecule has 4 rings (SSSR count). The number of hydrogen-bond acceptors (Lipinski definition) is 4. The van der Waals surface area contributed by atoms with Crippen molar-refractivity contribution >= 4 is 11.9 Å². The van der Waals surface area contributed by atoms with E-state index in [1.165, 1.54) is 0 Å². The Bertz CT molecular complexity index is 520. The molecule has 2 heterocycles. The number of fused-ring (bicyclic) bond motifs is 2. The summed E-state index contributed by atoms with van der Waals surface area (Å²) in [6.07, 6.45) is 3.58. The van der Waals surface area contributed by atoms with Gasteiger partial charge >= 0.3 is 11.9 Å². The molecule has 0 unspecified atom stereocenters. The van der Waals surface area contributed by atoms with Crippen LogP contribution in [0, 0.1) is 17.3 Å². The van der Waals surface area contributed by atoms with Gasteiger partial charge in [-0.2, -0.15) is 0 Å². The minimum Gasteiger partial charge on any atom is -0.457 e. The molecule has 2 aliphatic heterocycles. The molecule has 0 radical (unpaired) electrons. The molecule has 0 aromatic carbocycles.